The van der Waals surface area contributed by atoms with Crippen molar-refractivity contribution in [3.8, 4) is 0 Å². The SMILES string of the molecule is Cc1csc(Sc2ccc(NC(=O)c3ccnc(N(C)C)c3)c(C)c2)n1. The molecule has 5 nitrogen and oxygen atoms in total. The Bertz CT molecular complexity index is 937. The summed E-state index contributed by atoms with van der Waals surface area (Å²) >= 11 is 3.27. The van der Waals surface area contributed by atoms with Gasteiger partial charge in [-0.1, -0.05) is 11.8 Å². The number of nitrogens with zero attached hydrogens (tertiary/aromatic N) is 3. The molecule has 3 aromatic rings. The summed E-state index contributed by atoms with van der Waals surface area (Å²) in [5.41, 5.74) is 3.43. The zero-order chi connectivity index (χ0) is 18.7. The van der Waals surface area contributed by atoms with Gasteiger partial charge in [0.05, 0.1) is 0 Å². The van der Waals surface area contributed by atoms with Crippen molar-refractivity contribution in [3.63, 3.8) is 0 Å². The molecule has 0 atom stereocenters. The number of hydrogen-bond acceptors (Lipinski definition) is 6. The third kappa shape index (κ3) is 4.42. The molecule has 0 saturated heterocycles. The second-order valence-electron chi connectivity index (χ2n) is 6.08. The fourth-order valence-electron chi connectivity index (χ4n) is 2.32. The van der Waals surface area contributed by atoms with Crippen molar-refractivity contribution in [2.75, 3.05) is 24.3 Å². The molecule has 26 heavy (non-hydrogen) atoms. The van der Waals surface area contributed by atoms with Gasteiger partial charge in [0, 0.05) is 47.5 Å². The summed E-state index contributed by atoms with van der Waals surface area (Å²) in [5.74, 6) is 0.606. The lowest BCUT2D eigenvalue weighted by Gasteiger charge is -2.13. The minimum absolute atomic E-state index is 0.144. The second-order valence-corrected chi connectivity index (χ2v) is 8.26. The molecule has 2 heterocycles. The van der Waals surface area contributed by atoms with E-state index in [9.17, 15) is 4.79 Å². The minimum Gasteiger partial charge on any atom is -0.363 e. The summed E-state index contributed by atoms with van der Waals surface area (Å²) in [6.45, 7) is 3.98. The third-order valence-electron chi connectivity index (χ3n) is 3.72. The molecule has 0 aliphatic rings. The predicted octanol–water partition coefficient (Wildman–Crippen LogP) is 4.62. The molecule has 1 aromatic carbocycles. The van der Waals surface area contributed by atoms with Gasteiger partial charge in [-0.25, -0.2) is 9.97 Å². The number of rotatable bonds is 5. The van der Waals surface area contributed by atoms with Gasteiger partial charge in [0.2, 0.25) is 0 Å². The second kappa shape index (κ2) is 7.88. The first-order chi connectivity index (χ1) is 12.4. The minimum atomic E-state index is -0.144. The van der Waals surface area contributed by atoms with Crippen LogP contribution < -0.4 is 10.2 Å². The van der Waals surface area contributed by atoms with E-state index in [1.54, 1.807) is 41.4 Å². The van der Waals surface area contributed by atoms with E-state index in [-0.39, 0.29) is 5.91 Å². The average Bonchev–Trinajstić information content (AvgIpc) is 3.02. The molecule has 7 heteroatoms. The maximum atomic E-state index is 12.5. The van der Waals surface area contributed by atoms with Crippen LogP contribution in [0.5, 0.6) is 0 Å². The summed E-state index contributed by atoms with van der Waals surface area (Å²) in [5, 5.41) is 5.02. The molecule has 2 aromatic heterocycles. The number of aryl methyl sites for hydroxylation is 2. The molecule has 0 radical (unpaired) electrons. The number of nitrogens with one attached hydrogen (secondary N) is 1. The first kappa shape index (κ1) is 18.4. The Kier molecular flexibility index (Phi) is 5.58. The van der Waals surface area contributed by atoms with Gasteiger partial charge < -0.3 is 10.2 Å². The number of amides is 1. The van der Waals surface area contributed by atoms with E-state index >= 15 is 0 Å². The van der Waals surface area contributed by atoms with Gasteiger partial charge in [0.25, 0.3) is 5.91 Å². The Morgan fingerprint density at radius 2 is 2.00 bits per heavy atom. The highest BCUT2D eigenvalue weighted by Crippen LogP contribution is 2.32. The molecule has 0 fully saturated rings. The van der Waals surface area contributed by atoms with Crippen molar-refractivity contribution in [3.05, 3.63) is 58.7 Å². The number of pyridine rings is 1. The summed E-state index contributed by atoms with van der Waals surface area (Å²) in [6, 6.07) is 9.49. The number of carbonyl (C=O) groups is 1. The van der Waals surface area contributed by atoms with Crippen LogP contribution >= 0.6 is 23.1 Å². The average molecular weight is 385 g/mol. The molecule has 0 aliphatic heterocycles. The summed E-state index contributed by atoms with van der Waals surface area (Å²) in [7, 11) is 3.79. The maximum absolute atomic E-state index is 12.5. The fraction of sp³-hybridized carbons (Fsp3) is 0.211. The van der Waals surface area contributed by atoms with Gasteiger partial charge in [-0.05, 0) is 49.7 Å². The predicted molar refractivity (Wildman–Crippen MR) is 109 cm³/mol. The van der Waals surface area contributed by atoms with Gasteiger partial charge in [-0.3, -0.25) is 4.79 Å². The van der Waals surface area contributed by atoms with E-state index in [2.05, 4.69) is 21.4 Å². The number of carbonyl (C=O) groups excluding carboxylic acids is 1. The van der Waals surface area contributed by atoms with Gasteiger partial charge in [0.1, 0.15) is 5.82 Å². The highest BCUT2D eigenvalue weighted by Gasteiger charge is 2.11. The Balaban J connectivity index is 1.73. The molecular formula is C19H20N4OS2. The van der Waals surface area contributed by atoms with Gasteiger partial charge in [-0.2, -0.15) is 0 Å². The van der Waals surface area contributed by atoms with Gasteiger partial charge in [-0.15, -0.1) is 11.3 Å². The summed E-state index contributed by atoms with van der Waals surface area (Å²) in [4.78, 5) is 24.2. The first-order valence-electron chi connectivity index (χ1n) is 8.08. The molecule has 3 rings (SSSR count). The first-order valence-corrected chi connectivity index (χ1v) is 9.77. The molecule has 0 spiro atoms. The maximum Gasteiger partial charge on any atom is 0.255 e. The van der Waals surface area contributed by atoms with Crippen LogP contribution in [0.3, 0.4) is 0 Å². The molecule has 0 aliphatic carbocycles. The third-order valence-corrected chi connectivity index (χ3v) is 5.76. The van der Waals surface area contributed by atoms with Crippen molar-refractivity contribution in [2.45, 2.75) is 23.1 Å². The number of benzene rings is 1. The normalized spacial score (nSPS) is 10.6. The smallest absolute Gasteiger partial charge is 0.255 e. The van der Waals surface area contributed by atoms with Crippen molar-refractivity contribution in [1.82, 2.24) is 9.97 Å². The zero-order valence-corrected chi connectivity index (χ0v) is 16.7. The lowest BCUT2D eigenvalue weighted by atomic mass is 10.2. The van der Waals surface area contributed by atoms with E-state index < -0.39 is 0 Å². The van der Waals surface area contributed by atoms with Crippen LogP contribution in [-0.4, -0.2) is 30.0 Å². The highest BCUT2D eigenvalue weighted by molar-refractivity contribution is 8.01. The van der Waals surface area contributed by atoms with Crippen LogP contribution in [0.15, 0.2) is 51.1 Å². The lowest BCUT2D eigenvalue weighted by molar-refractivity contribution is 0.102. The van der Waals surface area contributed by atoms with Crippen molar-refractivity contribution >= 4 is 40.5 Å². The van der Waals surface area contributed by atoms with E-state index in [1.807, 2.05) is 50.4 Å². The topological polar surface area (TPSA) is 58.1 Å². The largest absolute Gasteiger partial charge is 0.363 e. The lowest BCUT2D eigenvalue weighted by Crippen LogP contribution is -2.15. The Hall–Kier alpha value is -2.38. The van der Waals surface area contributed by atoms with Crippen LogP contribution in [0.2, 0.25) is 0 Å². The van der Waals surface area contributed by atoms with Crippen molar-refractivity contribution in [2.24, 2.45) is 0 Å². The van der Waals surface area contributed by atoms with Crippen LogP contribution in [0.1, 0.15) is 21.6 Å². The number of thiazole rings is 1. The van der Waals surface area contributed by atoms with Crippen LogP contribution in [0.4, 0.5) is 11.5 Å². The molecule has 0 saturated carbocycles. The summed E-state index contributed by atoms with van der Waals surface area (Å²) in [6.07, 6.45) is 1.65. The van der Waals surface area contributed by atoms with E-state index in [1.165, 1.54) is 0 Å². The molecular weight excluding hydrogens is 364 g/mol. The molecule has 1 N–H and O–H groups in total. The quantitative estimate of drug-likeness (QED) is 0.695. The van der Waals surface area contributed by atoms with Crippen LogP contribution in [-0.2, 0) is 0 Å². The number of aromatic nitrogens is 2. The zero-order valence-electron chi connectivity index (χ0n) is 15.1. The van der Waals surface area contributed by atoms with Crippen molar-refractivity contribution < 1.29 is 4.79 Å². The summed E-state index contributed by atoms with van der Waals surface area (Å²) < 4.78 is 1.02. The van der Waals surface area contributed by atoms with E-state index in [0.29, 0.717) is 5.56 Å². The van der Waals surface area contributed by atoms with E-state index in [4.69, 9.17) is 0 Å². The van der Waals surface area contributed by atoms with Gasteiger partial charge in [0.15, 0.2) is 4.34 Å². The number of anilines is 2. The van der Waals surface area contributed by atoms with E-state index in [0.717, 1.165) is 32.0 Å². The van der Waals surface area contributed by atoms with Crippen LogP contribution in [0.25, 0.3) is 0 Å². The molecule has 1 amide bonds. The fourth-order valence-corrected chi connectivity index (χ4v) is 4.23. The molecule has 0 unspecified atom stereocenters. The Morgan fingerprint density at radius 1 is 1.19 bits per heavy atom. The Labute approximate surface area is 161 Å². The standard InChI is InChI=1S/C19H20N4OS2/c1-12-9-15(26-19-21-13(2)11-25-19)5-6-16(12)22-18(24)14-7-8-20-17(10-14)23(3)4/h5-11H,1-4H3,(H,22,24). The molecule has 0 bridgehead atoms. The Morgan fingerprint density at radius 3 is 2.65 bits per heavy atom. The monoisotopic (exact) mass is 384 g/mol. The molecule has 134 valence electrons. The van der Waals surface area contributed by atoms with Crippen LogP contribution in [0, 0.1) is 13.8 Å². The number of hydrogen-bond donors (Lipinski definition) is 1. The van der Waals surface area contributed by atoms with Crippen molar-refractivity contribution in [1.29, 1.82) is 0 Å². The highest BCUT2D eigenvalue weighted by atomic mass is 32.2. The van der Waals surface area contributed by atoms with Gasteiger partial charge >= 0.3 is 0 Å².